The maximum absolute atomic E-state index is 12.8. The van der Waals surface area contributed by atoms with Gasteiger partial charge in [0.05, 0.1) is 20.8 Å². The maximum Gasteiger partial charge on any atom is 0.373 e. The Kier molecular flexibility index (Phi) is 6.92. The van der Waals surface area contributed by atoms with E-state index < -0.39 is 30.0 Å². The summed E-state index contributed by atoms with van der Waals surface area (Å²) in [5.74, 6) is -2.32. The molecule has 2 aromatic rings. The van der Waals surface area contributed by atoms with Crippen molar-refractivity contribution in [3.8, 4) is 11.5 Å². The van der Waals surface area contributed by atoms with E-state index in [1.54, 1.807) is 0 Å². The first-order valence-corrected chi connectivity index (χ1v) is 9.81. The Morgan fingerprint density at radius 2 is 2.00 bits per heavy atom. The number of ether oxygens (including phenoxy) is 3. The molecule has 1 aliphatic rings. The van der Waals surface area contributed by atoms with Crippen molar-refractivity contribution in [3.63, 3.8) is 0 Å². The summed E-state index contributed by atoms with van der Waals surface area (Å²) in [6, 6.07) is 4.93. The molecule has 2 heterocycles. The first-order chi connectivity index (χ1) is 15.6. The third-order valence-electron chi connectivity index (χ3n) is 4.53. The van der Waals surface area contributed by atoms with E-state index in [9.17, 15) is 24.3 Å². The lowest BCUT2D eigenvalue weighted by Gasteiger charge is -2.17. The number of amides is 3. The van der Waals surface area contributed by atoms with E-state index in [0.29, 0.717) is 0 Å². The number of carboxylic acid groups (broad SMARTS) is 1. The summed E-state index contributed by atoms with van der Waals surface area (Å²) in [4.78, 5) is 48.9. The van der Waals surface area contributed by atoms with Gasteiger partial charge in [0.15, 0.2) is 17.6 Å². The number of carboxylic acids is 1. The molecule has 0 radical (unpaired) electrons. The van der Waals surface area contributed by atoms with E-state index in [1.165, 1.54) is 51.5 Å². The van der Waals surface area contributed by atoms with Crippen LogP contribution < -0.4 is 14.8 Å². The van der Waals surface area contributed by atoms with Crippen LogP contribution in [0, 0.1) is 0 Å². The van der Waals surface area contributed by atoms with Gasteiger partial charge in [-0.3, -0.25) is 9.69 Å². The molecular weight excluding hydrogens is 460 g/mol. The molecule has 11 nitrogen and oxygen atoms in total. The van der Waals surface area contributed by atoms with Gasteiger partial charge in [0.1, 0.15) is 11.5 Å². The number of benzene rings is 1. The summed E-state index contributed by atoms with van der Waals surface area (Å²) in [5.41, 5.74) is 0.0980. The number of imide groups is 1. The summed E-state index contributed by atoms with van der Waals surface area (Å²) < 4.78 is 20.6. The number of carbonyl (C=O) groups is 4. The van der Waals surface area contributed by atoms with Gasteiger partial charge in [-0.15, -0.1) is 0 Å². The summed E-state index contributed by atoms with van der Waals surface area (Å²) in [5, 5.41) is 11.8. The molecule has 1 aliphatic heterocycles. The lowest BCUT2D eigenvalue weighted by molar-refractivity contribution is -0.144. The van der Waals surface area contributed by atoms with Gasteiger partial charge in [0.2, 0.25) is 5.76 Å². The van der Waals surface area contributed by atoms with Gasteiger partial charge < -0.3 is 29.1 Å². The van der Waals surface area contributed by atoms with Crippen molar-refractivity contribution >= 4 is 41.6 Å². The molecule has 1 saturated heterocycles. The highest BCUT2D eigenvalue weighted by Gasteiger charge is 2.35. The monoisotopic (exact) mass is 478 g/mol. The number of nitrogens with zero attached hydrogens (tertiary/aromatic N) is 1. The van der Waals surface area contributed by atoms with Crippen molar-refractivity contribution in [2.45, 2.75) is 19.6 Å². The molecule has 12 heteroatoms. The van der Waals surface area contributed by atoms with E-state index in [-0.39, 0.29) is 45.8 Å². The van der Waals surface area contributed by atoms with Gasteiger partial charge in [-0.25, -0.2) is 14.4 Å². The average Bonchev–Trinajstić information content (AvgIpc) is 3.35. The van der Waals surface area contributed by atoms with Crippen LogP contribution in [0.2, 0.25) is 5.02 Å². The molecule has 1 aromatic heterocycles. The fraction of sp³-hybridized carbons (Fsp3) is 0.238. The van der Waals surface area contributed by atoms with Crippen LogP contribution in [-0.2, 0) is 20.9 Å². The molecule has 3 amide bonds. The normalized spacial score (nSPS) is 15.4. The Bertz CT molecular complexity index is 1150. The molecule has 0 bridgehead atoms. The maximum atomic E-state index is 12.8. The number of methoxy groups -OCH3 is 2. The zero-order chi connectivity index (χ0) is 24.3. The Labute approximate surface area is 192 Å². The second-order valence-electron chi connectivity index (χ2n) is 6.76. The highest BCUT2D eigenvalue weighted by atomic mass is 35.5. The second kappa shape index (κ2) is 9.65. The lowest BCUT2D eigenvalue weighted by Crippen LogP contribution is -2.30. The third kappa shape index (κ3) is 5.09. The van der Waals surface area contributed by atoms with E-state index in [2.05, 4.69) is 10.1 Å². The number of carbonyl (C=O) groups excluding carboxylic acids is 3. The van der Waals surface area contributed by atoms with Crippen LogP contribution in [0.25, 0.3) is 6.08 Å². The van der Waals surface area contributed by atoms with Crippen molar-refractivity contribution in [1.29, 1.82) is 0 Å². The predicted octanol–water partition coefficient (Wildman–Crippen LogP) is 2.67. The Hall–Kier alpha value is -3.99. The topological polar surface area (TPSA) is 145 Å². The summed E-state index contributed by atoms with van der Waals surface area (Å²) >= 11 is 6.11. The van der Waals surface area contributed by atoms with Gasteiger partial charge in [0.25, 0.3) is 5.91 Å². The van der Waals surface area contributed by atoms with Gasteiger partial charge in [-0.1, -0.05) is 11.6 Å². The fourth-order valence-corrected chi connectivity index (χ4v) is 3.12. The lowest BCUT2D eigenvalue weighted by atomic mass is 10.1. The molecule has 1 atom stereocenters. The molecule has 1 fully saturated rings. The first kappa shape index (κ1) is 23.7. The van der Waals surface area contributed by atoms with Crippen LogP contribution in [0.15, 0.2) is 34.4 Å². The standard InChI is InChI=1S/C21H19ClN2O9/c1-10(19(26)27)32-17-11(6-12(22)8-16(17)30-2)7-14-18(25)24(21(29)23-14)9-13-4-5-15(33-13)20(28)31-3/h4-8,10H,9H2,1-3H3,(H,23,29)(H,26,27)/b14-7-/t10-/m1/s1. The number of aliphatic carboxylic acids is 1. The smallest absolute Gasteiger partial charge is 0.373 e. The molecule has 33 heavy (non-hydrogen) atoms. The molecular formula is C21H19ClN2O9. The molecule has 174 valence electrons. The van der Waals surface area contributed by atoms with Crippen LogP contribution in [-0.4, -0.2) is 54.2 Å². The zero-order valence-electron chi connectivity index (χ0n) is 17.7. The minimum atomic E-state index is -1.23. The number of furan rings is 1. The van der Waals surface area contributed by atoms with Crippen LogP contribution >= 0.6 is 11.6 Å². The fourth-order valence-electron chi connectivity index (χ4n) is 2.90. The number of hydrogen-bond acceptors (Lipinski definition) is 8. The van der Waals surface area contributed by atoms with Gasteiger partial charge >= 0.3 is 18.0 Å². The first-order valence-electron chi connectivity index (χ1n) is 9.43. The van der Waals surface area contributed by atoms with Crippen molar-refractivity contribution in [1.82, 2.24) is 10.2 Å². The quantitative estimate of drug-likeness (QED) is 0.332. The number of halogens is 1. The second-order valence-corrected chi connectivity index (χ2v) is 7.20. The molecule has 1 aromatic carbocycles. The van der Waals surface area contributed by atoms with Crippen LogP contribution in [0.1, 0.15) is 28.8 Å². The molecule has 0 aliphatic carbocycles. The van der Waals surface area contributed by atoms with Crippen molar-refractivity contribution in [2.75, 3.05) is 14.2 Å². The SMILES string of the molecule is COC(=O)c1ccc(CN2C(=O)N/C(=C\c3cc(Cl)cc(OC)c3O[C@H](C)C(=O)O)C2=O)o1. The average molecular weight is 479 g/mol. The molecule has 0 saturated carbocycles. The molecule has 2 N–H and O–H groups in total. The number of nitrogens with one attached hydrogen (secondary N) is 1. The Morgan fingerprint density at radius 3 is 2.64 bits per heavy atom. The summed E-state index contributed by atoms with van der Waals surface area (Å²) in [6.07, 6.45) is 0.0612. The van der Waals surface area contributed by atoms with Crippen LogP contribution in [0.3, 0.4) is 0 Å². The third-order valence-corrected chi connectivity index (χ3v) is 4.75. The van der Waals surface area contributed by atoms with Crippen molar-refractivity contribution in [2.24, 2.45) is 0 Å². The van der Waals surface area contributed by atoms with Crippen LogP contribution in [0.5, 0.6) is 11.5 Å². The molecule has 0 unspecified atom stereocenters. The molecule has 3 rings (SSSR count). The Morgan fingerprint density at radius 1 is 1.27 bits per heavy atom. The minimum Gasteiger partial charge on any atom is -0.493 e. The van der Waals surface area contributed by atoms with Crippen molar-refractivity contribution < 1.29 is 42.9 Å². The summed E-state index contributed by atoms with van der Waals surface area (Å²) in [7, 11) is 2.54. The zero-order valence-corrected chi connectivity index (χ0v) is 18.5. The highest BCUT2D eigenvalue weighted by Crippen LogP contribution is 2.37. The van der Waals surface area contributed by atoms with E-state index >= 15 is 0 Å². The molecule has 0 spiro atoms. The number of hydrogen-bond donors (Lipinski definition) is 2. The van der Waals surface area contributed by atoms with Gasteiger partial charge in [-0.05, 0) is 31.2 Å². The number of esters is 1. The van der Waals surface area contributed by atoms with E-state index in [4.69, 9.17) is 25.5 Å². The minimum absolute atomic E-state index is 0.0264. The highest BCUT2D eigenvalue weighted by molar-refractivity contribution is 6.31. The van der Waals surface area contributed by atoms with Gasteiger partial charge in [-0.2, -0.15) is 0 Å². The van der Waals surface area contributed by atoms with Crippen LogP contribution in [0.4, 0.5) is 4.79 Å². The van der Waals surface area contributed by atoms with Gasteiger partial charge in [0, 0.05) is 16.7 Å². The predicted molar refractivity (Wildman–Crippen MR) is 113 cm³/mol. The number of urea groups is 1. The summed E-state index contributed by atoms with van der Waals surface area (Å²) in [6.45, 7) is 1.08. The van der Waals surface area contributed by atoms with E-state index in [0.717, 1.165) is 4.90 Å². The van der Waals surface area contributed by atoms with Crippen molar-refractivity contribution in [3.05, 3.63) is 52.1 Å². The van der Waals surface area contributed by atoms with E-state index in [1.807, 2.05) is 0 Å². The largest absolute Gasteiger partial charge is 0.493 e. The number of rotatable bonds is 8. The Balaban J connectivity index is 1.91.